The number of nitrogens with one attached hydrogen (secondary N) is 2. The first-order chi connectivity index (χ1) is 9.49. The minimum atomic E-state index is -2.51. The van der Waals surface area contributed by atoms with Crippen molar-refractivity contribution in [2.75, 3.05) is 19.8 Å². The number of carbonyl (C=O) groups is 2. The number of rotatable bonds is 7. The van der Waals surface area contributed by atoms with E-state index in [4.69, 9.17) is 5.11 Å². The summed E-state index contributed by atoms with van der Waals surface area (Å²) in [4.78, 5) is 22.4. The summed E-state index contributed by atoms with van der Waals surface area (Å²) >= 11 is 0. The standard InChI is InChI=1S/C12H20F2N2O4/c13-10(14)7-20-5-4-15-12(19)16-9-3-1-2-8(6-9)11(17)18/h8-10H,1-7H2,(H,17,18)(H2,15,16,19). The number of amides is 2. The molecule has 0 bridgehead atoms. The summed E-state index contributed by atoms with van der Waals surface area (Å²) < 4.78 is 28.1. The van der Waals surface area contributed by atoms with Crippen LogP contribution in [0.2, 0.25) is 0 Å². The fourth-order valence-corrected chi connectivity index (χ4v) is 2.19. The molecular weight excluding hydrogens is 274 g/mol. The maximum atomic E-state index is 11.8. The summed E-state index contributed by atoms with van der Waals surface area (Å²) in [6, 6.07) is -0.589. The van der Waals surface area contributed by atoms with Gasteiger partial charge in [0.2, 0.25) is 0 Å². The van der Waals surface area contributed by atoms with E-state index in [0.717, 1.165) is 12.8 Å². The van der Waals surface area contributed by atoms with E-state index in [9.17, 15) is 18.4 Å². The zero-order chi connectivity index (χ0) is 15.0. The highest BCUT2D eigenvalue weighted by molar-refractivity contribution is 5.74. The fraction of sp³-hybridized carbons (Fsp3) is 0.833. The molecule has 0 saturated heterocycles. The summed E-state index contributed by atoms with van der Waals surface area (Å²) in [5.41, 5.74) is 0. The lowest BCUT2D eigenvalue weighted by atomic mass is 9.86. The molecule has 2 atom stereocenters. The number of carboxylic acid groups (broad SMARTS) is 1. The average Bonchev–Trinajstić information content (AvgIpc) is 2.38. The smallest absolute Gasteiger partial charge is 0.315 e. The van der Waals surface area contributed by atoms with Crippen LogP contribution in [0.3, 0.4) is 0 Å². The van der Waals surface area contributed by atoms with Gasteiger partial charge in [-0.3, -0.25) is 4.79 Å². The molecule has 0 aliphatic heterocycles. The van der Waals surface area contributed by atoms with Crippen molar-refractivity contribution < 1.29 is 28.2 Å². The quantitative estimate of drug-likeness (QED) is 0.616. The third-order valence-electron chi connectivity index (χ3n) is 3.13. The van der Waals surface area contributed by atoms with E-state index in [2.05, 4.69) is 15.4 Å². The Morgan fingerprint density at radius 1 is 1.35 bits per heavy atom. The molecule has 0 aromatic carbocycles. The second kappa shape index (κ2) is 8.68. The molecule has 1 saturated carbocycles. The van der Waals surface area contributed by atoms with Gasteiger partial charge in [-0.25, -0.2) is 13.6 Å². The first kappa shape index (κ1) is 16.6. The van der Waals surface area contributed by atoms with E-state index in [-0.39, 0.29) is 19.2 Å². The predicted molar refractivity (Wildman–Crippen MR) is 66.7 cm³/mol. The highest BCUT2D eigenvalue weighted by atomic mass is 19.3. The van der Waals surface area contributed by atoms with Gasteiger partial charge in [0.15, 0.2) is 0 Å². The maximum absolute atomic E-state index is 11.8. The summed E-state index contributed by atoms with van der Waals surface area (Å²) in [5.74, 6) is -1.25. The van der Waals surface area contributed by atoms with Crippen LogP contribution in [-0.4, -0.2) is 49.3 Å². The van der Waals surface area contributed by atoms with Crippen LogP contribution in [0.15, 0.2) is 0 Å². The SMILES string of the molecule is O=C(NCCOCC(F)F)NC1CCCC(C(=O)O)C1. The monoisotopic (exact) mass is 294 g/mol. The molecular formula is C12H20F2N2O4. The van der Waals surface area contributed by atoms with Crippen LogP contribution >= 0.6 is 0 Å². The molecule has 0 radical (unpaired) electrons. The molecule has 1 aliphatic carbocycles. The van der Waals surface area contributed by atoms with Crippen LogP contribution in [0.5, 0.6) is 0 Å². The van der Waals surface area contributed by atoms with Crippen molar-refractivity contribution in [2.24, 2.45) is 5.92 Å². The van der Waals surface area contributed by atoms with E-state index in [1.54, 1.807) is 0 Å². The zero-order valence-corrected chi connectivity index (χ0v) is 11.1. The molecule has 0 aromatic heterocycles. The largest absolute Gasteiger partial charge is 0.481 e. The van der Waals surface area contributed by atoms with Crippen molar-refractivity contribution in [3.05, 3.63) is 0 Å². The Labute approximate surface area is 115 Å². The summed E-state index contributed by atoms with van der Waals surface area (Å²) in [7, 11) is 0. The van der Waals surface area contributed by atoms with Gasteiger partial charge in [-0.1, -0.05) is 6.42 Å². The lowest BCUT2D eigenvalue weighted by Gasteiger charge is -2.27. The zero-order valence-electron chi connectivity index (χ0n) is 11.1. The molecule has 1 rings (SSSR count). The molecule has 0 heterocycles. The third-order valence-corrected chi connectivity index (χ3v) is 3.13. The van der Waals surface area contributed by atoms with E-state index < -0.39 is 31.0 Å². The van der Waals surface area contributed by atoms with Crippen molar-refractivity contribution in [3.63, 3.8) is 0 Å². The Bertz CT molecular complexity index is 329. The van der Waals surface area contributed by atoms with Gasteiger partial charge in [0.05, 0.1) is 12.5 Å². The Balaban J connectivity index is 2.13. The first-order valence-corrected chi connectivity index (χ1v) is 6.62. The molecule has 2 amide bonds. The Hall–Kier alpha value is -1.44. The number of carbonyl (C=O) groups excluding carboxylic acids is 1. The molecule has 0 aromatic rings. The second-order valence-electron chi connectivity index (χ2n) is 4.76. The molecule has 3 N–H and O–H groups in total. The number of carboxylic acids is 1. The lowest BCUT2D eigenvalue weighted by Crippen LogP contribution is -2.45. The van der Waals surface area contributed by atoms with E-state index in [0.29, 0.717) is 12.8 Å². The number of alkyl halides is 2. The molecule has 1 fully saturated rings. The number of halogens is 2. The topological polar surface area (TPSA) is 87.7 Å². The van der Waals surface area contributed by atoms with Crippen LogP contribution in [-0.2, 0) is 9.53 Å². The van der Waals surface area contributed by atoms with Crippen molar-refractivity contribution in [1.29, 1.82) is 0 Å². The number of aliphatic carboxylic acids is 1. The lowest BCUT2D eigenvalue weighted by molar-refractivity contribution is -0.143. The summed E-state index contributed by atoms with van der Waals surface area (Å²) in [5, 5.41) is 14.1. The van der Waals surface area contributed by atoms with Crippen molar-refractivity contribution in [1.82, 2.24) is 10.6 Å². The van der Waals surface area contributed by atoms with Crippen LogP contribution in [0.4, 0.5) is 13.6 Å². The maximum Gasteiger partial charge on any atom is 0.315 e. The fourth-order valence-electron chi connectivity index (χ4n) is 2.19. The molecule has 8 heteroatoms. The number of ether oxygens (including phenoxy) is 1. The number of hydrogen-bond donors (Lipinski definition) is 3. The molecule has 2 unspecified atom stereocenters. The van der Waals surface area contributed by atoms with Crippen molar-refractivity contribution in [3.8, 4) is 0 Å². The first-order valence-electron chi connectivity index (χ1n) is 6.62. The van der Waals surface area contributed by atoms with Gasteiger partial charge in [0.1, 0.15) is 6.61 Å². The highest BCUT2D eigenvalue weighted by Crippen LogP contribution is 2.24. The number of urea groups is 1. The molecule has 20 heavy (non-hydrogen) atoms. The van der Waals surface area contributed by atoms with Crippen LogP contribution in [0, 0.1) is 5.92 Å². The normalized spacial score (nSPS) is 22.6. The van der Waals surface area contributed by atoms with Crippen LogP contribution < -0.4 is 10.6 Å². The van der Waals surface area contributed by atoms with Crippen LogP contribution in [0.1, 0.15) is 25.7 Å². The van der Waals surface area contributed by atoms with Gasteiger partial charge >= 0.3 is 12.0 Å². The van der Waals surface area contributed by atoms with Crippen LogP contribution in [0.25, 0.3) is 0 Å². The van der Waals surface area contributed by atoms with Gasteiger partial charge in [-0.05, 0) is 19.3 Å². The molecule has 1 aliphatic rings. The summed E-state index contributed by atoms with van der Waals surface area (Å²) in [6.45, 7) is -0.500. The Kier molecular flexibility index (Phi) is 7.21. The van der Waals surface area contributed by atoms with Gasteiger partial charge in [0, 0.05) is 12.6 Å². The van der Waals surface area contributed by atoms with Gasteiger partial charge < -0.3 is 20.5 Å². The highest BCUT2D eigenvalue weighted by Gasteiger charge is 2.27. The molecule has 6 nitrogen and oxygen atoms in total. The van der Waals surface area contributed by atoms with Crippen molar-refractivity contribution >= 4 is 12.0 Å². The summed E-state index contributed by atoms with van der Waals surface area (Å²) in [6.07, 6.45) is 0.0544. The van der Waals surface area contributed by atoms with E-state index in [1.807, 2.05) is 0 Å². The van der Waals surface area contributed by atoms with E-state index >= 15 is 0 Å². The number of hydrogen-bond acceptors (Lipinski definition) is 3. The van der Waals surface area contributed by atoms with E-state index in [1.165, 1.54) is 0 Å². The van der Waals surface area contributed by atoms with Crippen molar-refractivity contribution in [2.45, 2.75) is 38.2 Å². The van der Waals surface area contributed by atoms with Gasteiger partial charge in [-0.15, -0.1) is 0 Å². The Morgan fingerprint density at radius 3 is 2.75 bits per heavy atom. The van der Waals surface area contributed by atoms with Gasteiger partial charge in [0.25, 0.3) is 6.43 Å². The minimum absolute atomic E-state index is 0.0141. The molecule has 116 valence electrons. The minimum Gasteiger partial charge on any atom is -0.481 e. The average molecular weight is 294 g/mol. The third kappa shape index (κ3) is 6.65. The predicted octanol–water partition coefficient (Wildman–Crippen LogP) is 1.21. The van der Waals surface area contributed by atoms with Gasteiger partial charge in [-0.2, -0.15) is 0 Å². The second-order valence-corrected chi connectivity index (χ2v) is 4.76. The molecule has 0 spiro atoms. The Morgan fingerprint density at radius 2 is 2.10 bits per heavy atom.